The van der Waals surface area contributed by atoms with Crippen LogP contribution in [0.15, 0.2) is 36.7 Å². The lowest BCUT2D eigenvalue weighted by Gasteiger charge is -2.30. The van der Waals surface area contributed by atoms with Crippen molar-refractivity contribution in [2.24, 2.45) is 5.92 Å². The highest BCUT2D eigenvalue weighted by Crippen LogP contribution is 2.36. The Kier molecular flexibility index (Phi) is 4.15. The maximum Gasteiger partial charge on any atom is 0.256 e. The molecule has 2 aliphatic rings. The van der Waals surface area contributed by atoms with Crippen LogP contribution in [-0.2, 0) is 6.42 Å². The lowest BCUT2D eigenvalue weighted by atomic mass is 9.99. The first-order chi connectivity index (χ1) is 12.1. The minimum Gasteiger partial charge on any atom is -0.339 e. The first-order valence-electron chi connectivity index (χ1n) is 9.12. The van der Waals surface area contributed by atoms with Crippen LogP contribution in [0.3, 0.4) is 0 Å². The van der Waals surface area contributed by atoms with Crippen molar-refractivity contribution in [2.45, 2.75) is 39.2 Å². The molecule has 1 unspecified atom stereocenters. The number of rotatable bonds is 2. The molecule has 2 aliphatic heterocycles. The Bertz CT molecular complexity index is 766. The number of fused-ring (bicyclic) bond motifs is 1. The molecule has 1 amide bonds. The number of amides is 1. The van der Waals surface area contributed by atoms with Crippen LogP contribution in [0.5, 0.6) is 0 Å². The molecule has 5 nitrogen and oxygen atoms in total. The Morgan fingerprint density at radius 1 is 1.08 bits per heavy atom. The number of piperidine rings is 1. The largest absolute Gasteiger partial charge is 0.339 e. The van der Waals surface area contributed by atoms with Crippen molar-refractivity contribution in [3.05, 3.63) is 47.8 Å². The van der Waals surface area contributed by atoms with Crippen LogP contribution in [-0.4, -0.2) is 39.9 Å². The molecule has 0 radical (unpaired) electrons. The number of carbonyl (C=O) groups excluding carboxylic acids is 1. The molecule has 5 heteroatoms. The predicted molar refractivity (Wildman–Crippen MR) is 98.1 cm³/mol. The number of para-hydroxylation sites is 1. The number of benzene rings is 1. The van der Waals surface area contributed by atoms with Crippen LogP contribution >= 0.6 is 0 Å². The fraction of sp³-hybridized carbons (Fsp3) is 0.450. The first-order valence-corrected chi connectivity index (χ1v) is 9.12. The van der Waals surface area contributed by atoms with E-state index >= 15 is 0 Å². The van der Waals surface area contributed by atoms with Crippen molar-refractivity contribution in [2.75, 3.05) is 18.0 Å². The average Bonchev–Trinajstić information content (AvgIpc) is 2.97. The minimum atomic E-state index is 0.0494. The molecule has 1 atom stereocenters. The van der Waals surface area contributed by atoms with Gasteiger partial charge in [-0.1, -0.05) is 25.1 Å². The fourth-order valence-electron chi connectivity index (χ4n) is 3.82. The summed E-state index contributed by atoms with van der Waals surface area (Å²) in [6, 6.07) is 8.69. The van der Waals surface area contributed by atoms with Crippen molar-refractivity contribution in [3.8, 4) is 0 Å². The summed E-state index contributed by atoms with van der Waals surface area (Å²) in [6.07, 6.45) is 6.50. The number of hydrogen-bond donors (Lipinski definition) is 0. The van der Waals surface area contributed by atoms with Gasteiger partial charge in [-0.25, -0.2) is 9.97 Å². The van der Waals surface area contributed by atoms with Crippen molar-refractivity contribution < 1.29 is 4.79 Å². The lowest BCUT2D eigenvalue weighted by molar-refractivity contribution is 0.0696. The Labute approximate surface area is 148 Å². The molecule has 1 aromatic heterocycles. The summed E-state index contributed by atoms with van der Waals surface area (Å²) in [5.41, 5.74) is 3.07. The third kappa shape index (κ3) is 2.99. The van der Waals surface area contributed by atoms with Gasteiger partial charge in [0.25, 0.3) is 5.91 Å². The number of hydrogen-bond acceptors (Lipinski definition) is 4. The molecule has 0 N–H and O–H groups in total. The molecule has 0 aliphatic carbocycles. The summed E-state index contributed by atoms with van der Waals surface area (Å²) < 4.78 is 0. The van der Waals surface area contributed by atoms with Gasteiger partial charge in [0, 0.05) is 37.2 Å². The van der Waals surface area contributed by atoms with Gasteiger partial charge in [-0.3, -0.25) is 4.79 Å². The smallest absolute Gasteiger partial charge is 0.256 e. The van der Waals surface area contributed by atoms with Crippen molar-refractivity contribution >= 4 is 17.5 Å². The molecule has 0 spiro atoms. The Balaban J connectivity index is 1.54. The lowest BCUT2D eigenvalue weighted by Crippen LogP contribution is -2.38. The van der Waals surface area contributed by atoms with Crippen LogP contribution in [0.4, 0.5) is 11.6 Å². The van der Waals surface area contributed by atoms with Gasteiger partial charge in [0.05, 0.1) is 5.56 Å². The highest BCUT2D eigenvalue weighted by molar-refractivity contribution is 5.93. The second kappa shape index (κ2) is 6.47. The predicted octanol–water partition coefficient (Wildman–Crippen LogP) is 3.43. The van der Waals surface area contributed by atoms with Crippen LogP contribution in [0.1, 0.15) is 42.6 Å². The average molecular weight is 336 g/mol. The highest BCUT2D eigenvalue weighted by atomic mass is 16.2. The Morgan fingerprint density at radius 3 is 2.48 bits per heavy atom. The number of nitrogens with zero attached hydrogens (tertiary/aromatic N) is 4. The maximum absolute atomic E-state index is 12.6. The van der Waals surface area contributed by atoms with Gasteiger partial charge >= 0.3 is 0 Å². The van der Waals surface area contributed by atoms with E-state index < -0.39 is 0 Å². The topological polar surface area (TPSA) is 49.3 Å². The van der Waals surface area contributed by atoms with E-state index in [1.54, 1.807) is 12.4 Å². The molecule has 3 heterocycles. The molecule has 0 bridgehead atoms. The van der Waals surface area contributed by atoms with E-state index in [0.717, 1.165) is 32.4 Å². The van der Waals surface area contributed by atoms with Crippen LogP contribution in [0, 0.1) is 5.92 Å². The molecular formula is C20H24N4O. The number of aromatic nitrogens is 2. The normalized spacial score (nSPS) is 20.6. The summed E-state index contributed by atoms with van der Waals surface area (Å²) in [5, 5.41) is 0. The highest BCUT2D eigenvalue weighted by Gasteiger charge is 2.29. The van der Waals surface area contributed by atoms with Gasteiger partial charge in [-0.05, 0) is 43.7 Å². The molecule has 0 saturated carbocycles. The third-order valence-corrected chi connectivity index (χ3v) is 5.38. The SMILES string of the molecule is CC1CCN(C(=O)c2cnc(N3c4ccccc4CC3C)nc2)CC1. The second-order valence-electron chi connectivity index (χ2n) is 7.30. The quantitative estimate of drug-likeness (QED) is 0.843. The summed E-state index contributed by atoms with van der Waals surface area (Å²) in [6.45, 7) is 6.09. The zero-order valence-electron chi connectivity index (χ0n) is 14.9. The van der Waals surface area contributed by atoms with E-state index in [2.05, 4.69) is 46.9 Å². The molecular weight excluding hydrogens is 312 g/mol. The summed E-state index contributed by atoms with van der Waals surface area (Å²) in [7, 11) is 0. The van der Waals surface area contributed by atoms with E-state index in [4.69, 9.17) is 0 Å². The van der Waals surface area contributed by atoms with E-state index in [0.29, 0.717) is 23.5 Å². The van der Waals surface area contributed by atoms with Gasteiger partial charge in [0.15, 0.2) is 0 Å². The third-order valence-electron chi connectivity index (χ3n) is 5.38. The van der Waals surface area contributed by atoms with Gasteiger partial charge in [-0.2, -0.15) is 0 Å². The molecule has 25 heavy (non-hydrogen) atoms. The molecule has 1 saturated heterocycles. The van der Waals surface area contributed by atoms with Crippen molar-refractivity contribution in [3.63, 3.8) is 0 Å². The molecule has 2 aromatic rings. The van der Waals surface area contributed by atoms with Crippen LogP contribution in [0.25, 0.3) is 0 Å². The monoisotopic (exact) mass is 336 g/mol. The van der Waals surface area contributed by atoms with E-state index in [-0.39, 0.29) is 5.91 Å². The van der Waals surface area contributed by atoms with Gasteiger partial charge in [-0.15, -0.1) is 0 Å². The van der Waals surface area contributed by atoms with E-state index in [1.807, 2.05) is 11.0 Å². The number of anilines is 2. The molecule has 4 rings (SSSR count). The summed E-state index contributed by atoms with van der Waals surface area (Å²) in [5.74, 6) is 1.42. The van der Waals surface area contributed by atoms with E-state index in [1.165, 1.54) is 11.3 Å². The Morgan fingerprint density at radius 2 is 1.76 bits per heavy atom. The maximum atomic E-state index is 12.6. The summed E-state index contributed by atoms with van der Waals surface area (Å²) in [4.78, 5) is 25.7. The Hall–Kier alpha value is -2.43. The van der Waals surface area contributed by atoms with Gasteiger partial charge in [0.1, 0.15) is 0 Å². The summed E-state index contributed by atoms with van der Waals surface area (Å²) >= 11 is 0. The van der Waals surface area contributed by atoms with Gasteiger partial charge < -0.3 is 9.80 Å². The fourth-order valence-corrected chi connectivity index (χ4v) is 3.82. The van der Waals surface area contributed by atoms with Crippen molar-refractivity contribution in [1.29, 1.82) is 0 Å². The first kappa shape index (κ1) is 16.1. The minimum absolute atomic E-state index is 0.0494. The molecule has 1 fully saturated rings. The van der Waals surface area contributed by atoms with Crippen LogP contribution in [0.2, 0.25) is 0 Å². The van der Waals surface area contributed by atoms with E-state index in [9.17, 15) is 4.79 Å². The standard InChI is InChI=1S/C20H24N4O/c1-14-7-9-23(10-8-14)19(25)17-12-21-20(22-13-17)24-15(2)11-16-5-3-4-6-18(16)24/h3-6,12-15H,7-11H2,1-2H3. The van der Waals surface area contributed by atoms with Crippen molar-refractivity contribution in [1.82, 2.24) is 14.9 Å². The number of likely N-dealkylation sites (tertiary alicyclic amines) is 1. The molecule has 130 valence electrons. The van der Waals surface area contributed by atoms with Gasteiger partial charge in [0.2, 0.25) is 5.95 Å². The zero-order valence-corrected chi connectivity index (χ0v) is 14.9. The molecule has 1 aromatic carbocycles. The van der Waals surface area contributed by atoms with Crippen LogP contribution < -0.4 is 4.90 Å². The zero-order chi connectivity index (χ0) is 17.4. The number of carbonyl (C=O) groups is 1. The second-order valence-corrected chi connectivity index (χ2v) is 7.30.